The van der Waals surface area contributed by atoms with Crippen LogP contribution in [0, 0.1) is 0 Å². The van der Waals surface area contributed by atoms with Gasteiger partial charge in [-0.15, -0.1) is 0 Å². The van der Waals surface area contributed by atoms with Crippen LogP contribution in [0.15, 0.2) is 28.7 Å². The summed E-state index contributed by atoms with van der Waals surface area (Å²) in [5.74, 6) is -0.0679. The lowest BCUT2D eigenvalue weighted by molar-refractivity contribution is -0.145. The van der Waals surface area contributed by atoms with Gasteiger partial charge in [-0.1, -0.05) is 28.1 Å². The van der Waals surface area contributed by atoms with Crippen LogP contribution >= 0.6 is 15.9 Å². The van der Waals surface area contributed by atoms with E-state index in [0.717, 1.165) is 22.9 Å². The van der Waals surface area contributed by atoms with Gasteiger partial charge in [0, 0.05) is 10.5 Å². The molecule has 1 unspecified atom stereocenters. The molecule has 5 heteroatoms. The number of nitrogens with zero attached hydrogens (tertiary/aromatic N) is 1. The normalized spacial score (nSPS) is 24.1. The van der Waals surface area contributed by atoms with Crippen LogP contribution in [-0.4, -0.2) is 29.3 Å². The van der Waals surface area contributed by atoms with E-state index in [4.69, 9.17) is 0 Å². The van der Waals surface area contributed by atoms with Gasteiger partial charge < -0.3 is 10.2 Å². The maximum atomic E-state index is 12.4. The van der Waals surface area contributed by atoms with E-state index >= 15 is 0 Å². The lowest BCUT2D eigenvalue weighted by atomic mass is 10.0. The highest BCUT2D eigenvalue weighted by Gasteiger charge is 2.41. The predicted octanol–water partition coefficient (Wildman–Crippen LogP) is 1.61. The fourth-order valence-corrected chi connectivity index (χ4v) is 2.69. The number of amides is 2. The molecule has 1 aliphatic heterocycles. The third-order valence-electron chi connectivity index (χ3n) is 3.32. The zero-order valence-electron chi connectivity index (χ0n) is 9.73. The first-order chi connectivity index (χ1) is 8.65. The number of hydrogen-bond donors (Lipinski definition) is 1. The minimum absolute atomic E-state index is 0.00944. The van der Waals surface area contributed by atoms with Crippen LogP contribution in [-0.2, 0) is 9.59 Å². The number of rotatable bonds is 2. The SMILES string of the molecule is O=C1CN(C2CC2)C(=O)C(c2cccc(Br)c2)N1. The Morgan fingerprint density at radius 1 is 1.28 bits per heavy atom. The summed E-state index contributed by atoms with van der Waals surface area (Å²) < 4.78 is 0.908. The number of benzene rings is 1. The average Bonchev–Trinajstić information content (AvgIpc) is 3.16. The van der Waals surface area contributed by atoms with Gasteiger partial charge in [0.05, 0.1) is 6.54 Å². The predicted molar refractivity (Wildman–Crippen MR) is 69.8 cm³/mol. The van der Waals surface area contributed by atoms with Crippen molar-refractivity contribution in [3.8, 4) is 0 Å². The van der Waals surface area contributed by atoms with Crippen LogP contribution in [0.2, 0.25) is 0 Å². The zero-order chi connectivity index (χ0) is 12.7. The van der Waals surface area contributed by atoms with Crippen molar-refractivity contribution in [2.24, 2.45) is 0 Å². The molecule has 1 saturated heterocycles. The first-order valence-corrected chi connectivity index (χ1v) is 6.80. The van der Waals surface area contributed by atoms with Gasteiger partial charge in [-0.3, -0.25) is 9.59 Å². The molecule has 2 aliphatic rings. The number of carbonyl (C=O) groups is 2. The van der Waals surface area contributed by atoms with Crippen molar-refractivity contribution in [1.82, 2.24) is 10.2 Å². The van der Waals surface area contributed by atoms with Crippen molar-refractivity contribution in [1.29, 1.82) is 0 Å². The first kappa shape index (κ1) is 11.7. The van der Waals surface area contributed by atoms with Crippen molar-refractivity contribution >= 4 is 27.7 Å². The molecule has 1 heterocycles. The quantitative estimate of drug-likeness (QED) is 0.902. The summed E-state index contributed by atoms with van der Waals surface area (Å²) in [4.78, 5) is 25.8. The van der Waals surface area contributed by atoms with Crippen molar-refractivity contribution in [3.63, 3.8) is 0 Å². The van der Waals surface area contributed by atoms with Crippen LogP contribution in [0.3, 0.4) is 0 Å². The van der Waals surface area contributed by atoms with Gasteiger partial charge in [-0.25, -0.2) is 0 Å². The third kappa shape index (κ3) is 2.14. The maximum Gasteiger partial charge on any atom is 0.250 e. The van der Waals surface area contributed by atoms with Crippen LogP contribution in [0.4, 0.5) is 0 Å². The molecule has 2 fully saturated rings. The summed E-state index contributed by atoms with van der Waals surface area (Å²) in [7, 11) is 0. The summed E-state index contributed by atoms with van der Waals surface area (Å²) >= 11 is 3.38. The molecule has 18 heavy (non-hydrogen) atoms. The van der Waals surface area contributed by atoms with Crippen LogP contribution in [0.1, 0.15) is 24.4 Å². The molecule has 1 aliphatic carbocycles. The Hall–Kier alpha value is -1.36. The number of piperazine rings is 1. The van der Waals surface area contributed by atoms with Crippen molar-refractivity contribution in [2.75, 3.05) is 6.54 Å². The summed E-state index contributed by atoms with van der Waals surface area (Å²) in [6, 6.07) is 7.25. The van der Waals surface area contributed by atoms with Crippen molar-refractivity contribution in [3.05, 3.63) is 34.3 Å². The summed E-state index contributed by atoms with van der Waals surface area (Å²) in [5.41, 5.74) is 0.827. The van der Waals surface area contributed by atoms with Crippen LogP contribution in [0.5, 0.6) is 0 Å². The Labute approximate surface area is 113 Å². The summed E-state index contributed by atoms with van der Waals surface area (Å²) in [5, 5.41) is 2.77. The fraction of sp³-hybridized carbons (Fsp3) is 0.385. The zero-order valence-corrected chi connectivity index (χ0v) is 11.3. The smallest absolute Gasteiger partial charge is 0.250 e. The summed E-state index contributed by atoms with van der Waals surface area (Å²) in [6.45, 7) is 0.202. The molecule has 0 aromatic heterocycles. The number of hydrogen-bond acceptors (Lipinski definition) is 2. The second-order valence-electron chi connectivity index (χ2n) is 4.75. The van der Waals surface area contributed by atoms with E-state index in [2.05, 4.69) is 21.2 Å². The van der Waals surface area contributed by atoms with Gasteiger partial charge in [-0.2, -0.15) is 0 Å². The first-order valence-electron chi connectivity index (χ1n) is 6.00. The average molecular weight is 309 g/mol. The lowest BCUT2D eigenvalue weighted by Gasteiger charge is -2.32. The largest absolute Gasteiger partial charge is 0.339 e. The molecule has 0 spiro atoms. The van der Waals surface area contributed by atoms with E-state index in [0.29, 0.717) is 0 Å². The second kappa shape index (κ2) is 4.39. The van der Waals surface area contributed by atoms with E-state index in [1.165, 1.54) is 0 Å². The van der Waals surface area contributed by atoms with Crippen LogP contribution < -0.4 is 5.32 Å². The molecule has 0 radical (unpaired) electrons. The molecule has 1 saturated carbocycles. The highest BCUT2D eigenvalue weighted by atomic mass is 79.9. The van der Waals surface area contributed by atoms with E-state index in [1.54, 1.807) is 4.90 Å². The van der Waals surface area contributed by atoms with E-state index in [1.807, 2.05) is 24.3 Å². The molecule has 1 atom stereocenters. The molecule has 1 aromatic carbocycles. The molecule has 3 rings (SSSR count). The monoisotopic (exact) mass is 308 g/mol. The van der Waals surface area contributed by atoms with Gasteiger partial charge in [-0.05, 0) is 30.5 Å². The second-order valence-corrected chi connectivity index (χ2v) is 5.67. The van der Waals surface area contributed by atoms with Gasteiger partial charge in [0.2, 0.25) is 5.91 Å². The number of carbonyl (C=O) groups excluding carboxylic acids is 2. The molecule has 0 bridgehead atoms. The molecule has 2 amide bonds. The topological polar surface area (TPSA) is 49.4 Å². The molecule has 4 nitrogen and oxygen atoms in total. The van der Waals surface area contributed by atoms with Gasteiger partial charge in [0.25, 0.3) is 5.91 Å². The number of nitrogens with one attached hydrogen (secondary N) is 1. The Bertz CT molecular complexity index is 513. The van der Waals surface area contributed by atoms with Gasteiger partial charge in [0.15, 0.2) is 0 Å². The highest BCUT2D eigenvalue weighted by Crippen LogP contribution is 2.31. The number of halogens is 1. The van der Waals surface area contributed by atoms with Gasteiger partial charge >= 0.3 is 0 Å². The molecule has 1 N–H and O–H groups in total. The lowest BCUT2D eigenvalue weighted by Crippen LogP contribution is -2.54. The Morgan fingerprint density at radius 2 is 2.06 bits per heavy atom. The van der Waals surface area contributed by atoms with E-state index < -0.39 is 6.04 Å². The fourth-order valence-electron chi connectivity index (χ4n) is 2.27. The van der Waals surface area contributed by atoms with E-state index in [-0.39, 0.29) is 24.4 Å². The minimum atomic E-state index is -0.538. The van der Waals surface area contributed by atoms with Crippen LogP contribution in [0.25, 0.3) is 0 Å². The summed E-state index contributed by atoms with van der Waals surface area (Å²) in [6.07, 6.45) is 2.04. The Morgan fingerprint density at radius 3 is 2.72 bits per heavy atom. The molecule has 1 aromatic rings. The standard InChI is InChI=1S/C13H13BrN2O2/c14-9-3-1-2-8(6-9)12-13(18)16(10-4-5-10)7-11(17)15-12/h1-3,6,10,12H,4-5,7H2,(H,15,17). The minimum Gasteiger partial charge on any atom is -0.339 e. The molecular weight excluding hydrogens is 296 g/mol. The maximum absolute atomic E-state index is 12.4. The van der Waals surface area contributed by atoms with Gasteiger partial charge in [0.1, 0.15) is 6.04 Å². The van der Waals surface area contributed by atoms with Crippen molar-refractivity contribution in [2.45, 2.75) is 24.9 Å². The van der Waals surface area contributed by atoms with Crippen molar-refractivity contribution < 1.29 is 9.59 Å². The Kier molecular flexibility index (Phi) is 2.86. The molecular formula is C13H13BrN2O2. The van der Waals surface area contributed by atoms with E-state index in [9.17, 15) is 9.59 Å². The third-order valence-corrected chi connectivity index (χ3v) is 3.81. The molecule has 94 valence electrons. The Balaban J connectivity index is 1.90. The highest BCUT2D eigenvalue weighted by molar-refractivity contribution is 9.10.